The fraction of sp³-hybridized carbons (Fsp3) is 0.522. The zero-order chi connectivity index (χ0) is 23.3. The Morgan fingerprint density at radius 2 is 1.91 bits per heavy atom. The van der Waals surface area contributed by atoms with Gasteiger partial charge in [-0.05, 0) is 43.9 Å². The number of carboxylic acid groups (broad SMARTS) is 2. The molecule has 9 nitrogen and oxygen atoms in total. The maximum Gasteiger partial charge on any atom is 0.363 e. The molecule has 2 unspecified atom stereocenters. The van der Waals surface area contributed by atoms with Crippen LogP contribution in [0, 0.1) is 0 Å². The number of benzene rings is 1. The first-order valence-corrected chi connectivity index (χ1v) is 11.2. The molecule has 32 heavy (non-hydrogen) atoms. The predicted octanol–water partition coefficient (Wildman–Crippen LogP) is 1.60. The molecule has 1 saturated heterocycles. The zero-order valence-corrected chi connectivity index (χ0v) is 18.2. The first kappa shape index (κ1) is 23.9. The molecule has 0 bridgehead atoms. The quantitative estimate of drug-likeness (QED) is 0.259. The number of unbranched alkanes of at least 4 members (excludes halogenated alkanes) is 1. The lowest BCUT2D eigenvalue weighted by atomic mass is 9.97. The molecule has 0 radical (unpaired) electrons. The van der Waals surface area contributed by atoms with E-state index in [9.17, 15) is 24.6 Å². The van der Waals surface area contributed by atoms with Gasteiger partial charge in [0, 0.05) is 36.4 Å². The molecule has 1 amide bonds. The average Bonchev–Trinajstić information content (AvgIpc) is 3.39. The Hall–Kier alpha value is -2.75. The predicted molar refractivity (Wildman–Crippen MR) is 120 cm³/mol. The number of hydrogen-bond acceptors (Lipinski definition) is 5. The minimum atomic E-state index is -1.18. The van der Waals surface area contributed by atoms with Gasteiger partial charge >= 0.3 is 17.8 Å². The number of hydrogen-bond donors (Lipinski definition) is 5. The highest BCUT2D eigenvalue weighted by atomic mass is 16.4. The van der Waals surface area contributed by atoms with E-state index in [0.717, 1.165) is 16.5 Å². The maximum atomic E-state index is 13.6. The van der Waals surface area contributed by atoms with Crippen LogP contribution in [0.25, 0.3) is 10.9 Å². The summed E-state index contributed by atoms with van der Waals surface area (Å²) in [4.78, 5) is 41.3. The molecule has 0 spiro atoms. The number of quaternary nitrogens is 1. The Balaban J connectivity index is 1.92. The van der Waals surface area contributed by atoms with Crippen molar-refractivity contribution in [2.24, 2.45) is 11.5 Å². The van der Waals surface area contributed by atoms with Gasteiger partial charge in [0.2, 0.25) is 0 Å². The fourth-order valence-electron chi connectivity index (χ4n) is 5.17. The molecule has 0 saturated carbocycles. The first-order chi connectivity index (χ1) is 15.3. The number of nitrogens with zero attached hydrogens (tertiary/aromatic N) is 1. The summed E-state index contributed by atoms with van der Waals surface area (Å²) in [5.74, 6) is -2.80. The first-order valence-electron chi connectivity index (χ1n) is 11.2. The van der Waals surface area contributed by atoms with E-state index in [-0.39, 0.29) is 19.4 Å². The van der Waals surface area contributed by atoms with E-state index in [4.69, 9.17) is 11.5 Å². The second-order valence-corrected chi connectivity index (χ2v) is 8.63. The van der Waals surface area contributed by atoms with E-state index in [2.05, 4.69) is 4.98 Å². The average molecular weight is 446 g/mol. The lowest BCUT2D eigenvalue weighted by Gasteiger charge is -2.41. The summed E-state index contributed by atoms with van der Waals surface area (Å²) in [6.07, 6.45) is 4.80. The van der Waals surface area contributed by atoms with Crippen molar-refractivity contribution < 1.29 is 29.1 Å². The summed E-state index contributed by atoms with van der Waals surface area (Å²) in [6, 6.07) is 4.51. The third kappa shape index (κ3) is 4.55. The molecule has 1 aromatic heterocycles. The van der Waals surface area contributed by atoms with E-state index in [1.807, 2.05) is 30.5 Å². The Labute approximate surface area is 187 Å². The second kappa shape index (κ2) is 10.2. The number of carbonyl (C=O) groups is 3. The monoisotopic (exact) mass is 445 g/mol. The number of carbonyl (C=O) groups excluding carboxylic acids is 1. The normalized spacial score (nSPS) is 22.6. The lowest BCUT2D eigenvalue weighted by molar-refractivity contribution is -0.875. The molecule has 1 aliphatic heterocycles. The zero-order valence-electron chi connectivity index (χ0n) is 18.2. The third-order valence-corrected chi connectivity index (χ3v) is 6.75. The molecular weight excluding hydrogens is 412 g/mol. The summed E-state index contributed by atoms with van der Waals surface area (Å²) in [5, 5.41) is 21.0. The standard InChI is InChI=1S/C23H32N4O5/c24-12-4-3-7-17(25)21(28)27(13-5-9-19(27)22(29)30)20(23(31)32)11-10-15-14-26-18-8-2-1-6-16(15)18/h1-2,6,8,14,17,19-20,26H,3-5,7,9-13,24-25H2,(H-,29,30,31,32)/p+1/t17-,19-,20?,27?/m0/s1. The molecular formula is C23H33N4O5+. The van der Waals surface area contributed by atoms with Gasteiger partial charge in [-0.15, -0.1) is 0 Å². The second-order valence-electron chi connectivity index (χ2n) is 8.63. The topological polar surface area (TPSA) is 160 Å². The van der Waals surface area contributed by atoms with Gasteiger partial charge in [0.15, 0.2) is 12.1 Å². The lowest BCUT2D eigenvalue weighted by Crippen LogP contribution is -2.69. The van der Waals surface area contributed by atoms with Gasteiger partial charge in [-0.3, -0.25) is 0 Å². The Morgan fingerprint density at radius 1 is 1.16 bits per heavy atom. The number of para-hydroxylation sites is 1. The number of H-pyrrole nitrogens is 1. The number of nitrogens with two attached hydrogens (primary N) is 2. The number of nitrogens with one attached hydrogen (secondary N) is 1. The minimum absolute atomic E-state index is 0.141. The molecule has 2 aromatic rings. The molecule has 1 fully saturated rings. The number of rotatable bonds is 11. The van der Waals surface area contributed by atoms with E-state index < -0.39 is 40.5 Å². The highest BCUT2D eigenvalue weighted by molar-refractivity contribution is 5.85. The van der Waals surface area contributed by atoms with Crippen LogP contribution >= 0.6 is 0 Å². The van der Waals surface area contributed by atoms with Crippen molar-refractivity contribution in [3.05, 3.63) is 36.0 Å². The van der Waals surface area contributed by atoms with Gasteiger partial charge in [0.1, 0.15) is 6.04 Å². The molecule has 1 aliphatic rings. The van der Waals surface area contributed by atoms with E-state index in [0.29, 0.717) is 38.6 Å². The maximum absolute atomic E-state index is 13.6. The Morgan fingerprint density at radius 3 is 2.59 bits per heavy atom. The van der Waals surface area contributed by atoms with Gasteiger partial charge in [-0.1, -0.05) is 18.2 Å². The number of likely N-dealkylation sites (tertiary alicyclic amines) is 1. The van der Waals surface area contributed by atoms with Crippen LogP contribution in [0.3, 0.4) is 0 Å². The molecule has 3 rings (SSSR count). The van der Waals surface area contributed by atoms with Crippen LogP contribution in [0.2, 0.25) is 0 Å². The van der Waals surface area contributed by atoms with E-state index in [1.165, 1.54) is 0 Å². The SMILES string of the molecule is NCCCC[C@H](N)C(=O)[N+]1(C(CCc2c[nH]c3ccccc23)C(=O)O)CCC[C@H]1C(=O)O. The van der Waals surface area contributed by atoms with Crippen molar-refractivity contribution in [3.8, 4) is 0 Å². The Bertz CT molecular complexity index is 974. The highest BCUT2D eigenvalue weighted by Crippen LogP contribution is 2.35. The van der Waals surface area contributed by atoms with Crippen LogP contribution < -0.4 is 11.5 Å². The number of aliphatic carboxylic acids is 2. The van der Waals surface area contributed by atoms with Gasteiger partial charge < -0.3 is 26.7 Å². The van der Waals surface area contributed by atoms with Gasteiger partial charge in [-0.25, -0.2) is 18.9 Å². The summed E-state index contributed by atoms with van der Waals surface area (Å²) in [5.41, 5.74) is 13.6. The fourth-order valence-corrected chi connectivity index (χ4v) is 5.17. The number of fused-ring (bicyclic) bond motifs is 1. The smallest absolute Gasteiger partial charge is 0.363 e. The highest BCUT2D eigenvalue weighted by Gasteiger charge is 2.59. The van der Waals surface area contributed by atoms with Crippen molar-refractivity contribution in [1.82, 2.24) is 4.98 Å². The number of carboxylic acids is 2. The van der Waals surface area contributed by atoms with Crippen molar-refractivity contribution in [2.45, 2.75) is 63.1 Å². The molecule has 174 valence electrons. The molecule has 2 heterocycles. The van der Waals surface area contributed by atoms with Crippen LogP contribution in [0.4, 0.5) is 0 Å². The third-order valence-electron chi connectivity index (χ3n) is 6.75. The number of aryl methyl sites for hydroxylation is 1. The summed E-state index contributed by atoms with van der Waals surface area (Å²) < 4.78 is -0.614. The molecule has 1 aromatic carbocycles. The molecule has 0 aliphatic carbocycles. The van der Waals surface area contributed by atoms with Gasteiger partial charge in [-0.2, -0.15) is 0 Å². The molecule has 7 N–H and O–H groups in total. The summed E-state index contributed by atoms with van der Waals surface area (Å²) >= 11 is 0. The van der Waals surface area contributed by atoms with Crippen molar-refractivity contribution in [3.63, 3.8) is 0 Å². The summed E-state index contributed by atoms with van der Waals surface area (Å²) in [7, 11) is 0. The van der Waals surface area contributed by atoms with Gasteiger partial charge in [0.05, 0.1) is 6.54 Å². The van der Waals surface area contributed by atoms with Crippen LogP contribution in [0.1, 0.15) is 44.1 Å². The van der Waals surface area contributed by atoms with Crippen molar-refractivity contribution in [2.75, 3.05) is 13.1 Å². The van der Waals surface area contributed by atoms with Crippen molar-refractivity contribution in [1.29, 1.82) is 0 Å². The molecule has 9 heteroatoms. The van der Waals surface area contributed by atoms with Crippen molar-refractivity contribution >= 4 is 28.7 Å². The minimum Gasteiger partial charge on any atom is -0.477 e. The number of amides is 1. The summed E-state index contributed by atoms with van der Waals surface area (Å²) in [6.45, 7) is 0.645. The number of aromatic amines is 1. The van der Waals surface area contributed by atoms with Crippen LogP contribution in [0.5, 0.6) is 0 Å². The number of aromatic nitrogens is 1. The van der Waals surface area contributed by atoms with Crippen LogP contribution in [-0.2, 0) is 20.8 Å². The van der Waals surface area contributed by atoms with Gasteiger partial charge in [0.25, 0.3) is 0 Å². The Kier molecular flexibility index (Phi) is 7.65. The van der Waals surface area contributed by atoms with Crippen LogP contribution in [-0.4, -0.2) is 68.7 Å². The van der Waals surface area contributed by atoms with E-state index in [1.54, 1.807) is 0 Å². The van der Waals surface area contributed by atoms with Crippen LogP contribution in [0.15, 0.2) is 30.5 Å². The molecule has 4 atom stereocenters. The largest absolute Gasteiger partial charge is 0.477 e. The van der Waals surface area contributed by atoms with E-state index >= 15 is 0 Å².